The van der Waals surface area contributed by atoms with Gasteiger partial charge in [-0.25, -0.2) is 0 Å². The summed E-state index contributed by atoms with van der Waals surface area (Å²) in [6.45, 7) is 2.81. The van der Waals surface area contributed by atoms with Crippen molar-refractivity contribution in [2.45, 2.75) is 51.4 Å². The van der Waals surface area contributed by atoms with E-state index >= 15 is 0 Å². The van der Waals surface area contributed by atoms with E-state index in [1.807, 2.05) is 6.92 Å². The van der Waals surface area contributed by atoms with Gasteiger partial charge >= 0.3 is 0 Å². The molecular weight excluding hydrogens is 152 g/mol. The molecule has 1 saturated heterocycles. The molecule has 2 nitrogen and oxygen atoms in total. The molecule has 0 radical (unpaired) electrons. The summed E-state index contributed by atoms with van der Waals surface area (Å²) in [5, 5.41) is 0. The molecule has 12 heavy (non-hydrogen) atoms. The Morgan fingerprint density at radius 3 is 3.00 bits per heavy atom. The highest BCUT2D eigenvalue weighted by Crippen LogP contribution is 2.37. The van der Waals surface area contributed by atoms with Crippen LogP contribution in [-0.4, -0.2) is 19.0 Å². The average molecular weight is 170 g/mol. The molecule has 2 rings (SSSR count). The van der Waals surface area contributed by atoms with E-state index < -0.39 is 0 Å². The Morgan fingerprint density at radius 1 is 1.25 bits per heavy atom. The highest BCUT2D eigenvalue weighted by Gasteiger charge is 2.34. The summed E-state index contributed by atoms with van der Waals surface area (Å²) < 4.78 is 11.3. The van der Waals surface area contributed by atoms with Gasteiger partial charge in [-0.2, -0.15) is 0 Å². The van der Waals surface area contributed by atoms with E-state index in [2.05, 4.69) is 0 Å². The summed E-state index contributed by atoms with van der Waals surface area (Å²) >= 11 is 0. The molecular formula is C10H18O2. The third-order valence-electron chi connectivity index (χ3n) is 3.04. The van der Waals surface area contributed by atoms with Crippen LogP contribution < -0.4 is 0 Å². The summed E-state index contributed by atoms with van der Waals surface area (Å²) in [6, 6.07) is 0. The zero-order valence-corrected chi connectivity index (χ0v) is 7.79. The third kappa shape index (κ3) is 1.64. The van der Waals surface area contributed by atoms with Crippen LogP contribution in [0.4, 0.5) is 0 Å². The Balaban J connectivity index is 1.84. The van der Waals surface area contributed by atoms with Gasteiger partial charge in [0.05, 0.1) is 6.10 Å². The first kappa shape index (κ1) is 8.52. The highest BCUT2D eigenvalue weighted by molar-refractivity contribution is 4.82. The van der Waals surface area contributed by atoms with Crippen LogP contribution >= 0.6 is 0 Å². The molecule has 0 bridgehead atoms. The summed E-state index contributed by atoms with van der Waals surface area (Å²) in [5.41, 5.74) is 0. The van der Waals surface area contributed by atoms with Gasteiger partial charge in [0.25, 0.3) is 0 Å². The smallest absolute Gasteiger partial charge is 0.157 e. The maximum atomic E-state index is 5.83. The van der Waals surface area contributed by atoms with Crippen molar-refractivity contribution in [1.82, 2.24) is 0 Å². The van der Waals surface area contributed by atoms with Crippen LogP contribution in [0.3, 0.4) is 0 Å². The first-order valence-corrected chi connectivity index (χ1v) is 5.17. The molecule has 0 unspecified atom stereocenters. The van der Waals surface area contributed by atoms with Gasteiger partial charge in [0.15, 0.2) is 6.29 Å². The second kappa shape index (κ2) is 3.75. The second-order valence-electron chi connectivity index (χ2n) is 3.83. The molecule has 2 aliphatic rings. The molecule has 0 N–H and O–H groups in total. The van der Waals surface area contributed by atoms with Gasteiger partial charge in [0.1, 0.15) is 0 Å². The standard InChI is InChI=1S/C10H18O2/c1-2-11-10-7-6-8-4-3-5-9(8)12-10/h8-10H,2-7H2,1H3/t8-,9+,10-/m0/s1. The molecule has 1 saturated carbocycles. The highest BCUT2D eigenvalue weighted by atomic mass is 16.7. The Hall–Kier alpha value is -0.0800. The maximum Gasteiger partial charge on any atom is 0.157 e. The molecule has 0 aromatic heterocycles. The Morgan fingerprint density at radius 2 is 2.17 bits per heavy atom. The molecule has 0 aromatic rings. The van der Waals surface area contributed by atoms with Crippen molar-refractivity contribution >= 4 is 0 Å². The number of hydrogen-bond acceptors (Lipinski definition) is 2. The van der Waals surface area contributed by atoms with E-state index in [1.165, 1.54) is 25.7 Å². The van der Waals surface area contributed by atoms with Crippen molar-refractivity contribution in [2.75, 3.05) is 6.61 Å². The van der Waals surface area contributed by atoms with Crippen molar-refractivity contribution < 1.29 is 9.47 Å². The van der Waals surface area contributed by atoms with Crippen molar-refractivity contribution in [3.63, 3.8) is 0 Å². The fraction of sp³-hybridized carbons (Fsp3) is 1.00. The number of fused-ring (bicyclic) bond motifs is 1. The van der Waals surface area contributed by atoms with Crippen LogP contribution in [0.15, 0.2) is 0 Å². The largest absolute Gasteiger partial charge is 0.353 e. The van der Waals surface area contributed by atoms with Gasteiger partial charge in [-0.3, -0.25) is 0 Å². The minimum absolute atomic E-state index is 0.106. The lowest BCUT2D eigenvalue weighted by Gasteiger charge is -2.32. The quantitative estimate of drug-likeness (QED) is 0.633. The Bertz CT molecular complexity index is 147. The van der Waals surface area contributed by atoms with Gasteiger partial charge in [0.2, 0.25) is 0 Å². The van der Waals surface area contributed by atoms with E-state index in [0.29, 0.717) is 6.10 Å². The summed E-state index contributed by atoms with van der Waals surface area (Å²) in [5.74, 6) is 0.849. The SMILES string of the molecule is CCO[C@@H]1CC[C@@H]2CCC[C@H]2O1. The third-order valence-corrected chi connectivity index (χ3v) is 3.04. The molecule has 0 amide bonds. The zero-order chi connectivity index (χ0) is 8.39. The van der Waals surface area contributed by atoms with E-state index in [-0.39, 0.29) is 6.29 Å². The van der Waals surface area contributed by atoms with Crippen LogP contribution in [-0.2, 0) is 9.47 Å². The van der Waals surface area contributed by atoms with Crippen molar-refractivity contribution in [3.05, 3.63) is 0 Å². The van der Waals surface area contributed by atoms with E-state index in [0.717, 1.165) is 18.9 Å². The van der Waals surface area contributed by atoms with Gasteiger partial charge in [-0.05, 0) is 38.5 Å². The molecule has 70 valence electrons. The Kier molecular flexibility index (Phi) is 2.66. The van der Waals surface area contributed by atoms with Gasteiger partial charge in [-0.15, -0.1) is 0 Å². The van der Waals surface area contributed by atoms with Gasteiger partial charge in [0, 0.05) is 6.61 Å². The van der Waals surface area contributed by atoms with E-state index in [1.54, 1.807) is 0 Å². The summed E-state index contributed by atoms with van der Waals surface area (Å²) in [6.07, 6.45) is 7.04. The van der Waals surface area contributed by atoms with Crippen LogP contribution in [0.5, 0.6) is 0 Å². The van der Waals surface area contributed by atoms with E-state index in [4.69, 9.17) is 9.47 Å². The Labute approximate surface area is 74.2 Å². The van der Waals surface area contributed by atoms with E-state index in [9.17, 15) is 0 Å². The lowest BCUT2D eigenvalue weighted by molar-refractivity contribution is -0.201. The number of ether oxygens (including phenoxy) is 2. The lowest BCUT2D eigenvalue weighted by Crippen LogP contribution is -2.33. The minimum Gasteiger partial charge on any atom is -0.353 e. The number of hydrogen-bond donors (Lipinski definition) is 0. The zero-order valence-electron chi connectivity index (χ0n) is 7.79. The molecule has 2 fully saturated rings. The fourth-order valence-corrected chi connectivity index (χ4v) is 2.43. The summed E-state index contributed by atoms with van der Waals surface area (Å²) in [7, 11) is 0. The normalized spacial score (nSPS) is 41.2. The minimum atomic E-state index is 0.106. The molecule has 1 heterocycles. The van der Waals surface area contributed by atoms with Crippen LogP contribution in [0.1, 0.15) is 39.0 Å². The van der Waals surface area contributed by atoms with Crippen molar-refractivity contribution in [2.24, 2.45) is 5.92 Å². The molecule has 0 spiro atoms. The average Bonchev–Trinajstić information content (AvgIpc) is 2.51. The molecule has 2 heteroatoms. The maximum absolute atomic E-state index is 5.83. The van der Waals surface area contributed by atoms with Crippen molar-refractivity contribution in [3.8, 4) is 0 Å². The summed E-state index contributed by atoms with van der Waals surface area (Å²) in [4.78, 5) is 0. The second-order valence-corrected chi connectivity index (χ2v) is 3.83. The predicted molar refractivity (Wildman–Crippen MR) is 46.9 cm³/mol. The van der Waals surface area contributed by atoms with Gasteiger partial charge in [-0.1, -0.05) is 6.42 Å². The topological polar surface area (TPSA) is 18.5 Å². The molecule has 1 aliphatic carbocycles. The number of rotatable bonds is 2. The first-order valence-electron chi connectivity index (χ1n) is 5.17. The fourth-order valence-electron chi connectivity index (χ4n) is 2.43. The molecule has 0 aromatic carbocycles. The molecule has 1 aliphatic heterocycles. The first-order chi connectivity index (χ1) is 5.90. The predicted octanol–water partition coefficient (Wildman–Crippen LogP) is 2.33. The molecule has 3 atom stereocenters. The monoisotopic (exact) mass is 170 g/mol. The van der Waals surface area contributed by atoms with Gasteiger partial charge < -0.3 is 9.47 Å². The van der Waals surface area contributed by atoms with Crippen LogP contribution in [0.25, 0.3) is 0 Å². The van der Waals surface area contributed by atoms with Crippen molar-refractivity contribution in [1.29, 1.82) is 0 Å². The van der Waals surface area contributed by atoms with Crippen LogP contribution in [0.2, 0.25) is 0 Å². The van der Waals surface area contributed by atoms with Crippen LogP contribution in [0, 0.1) is 5.92 Å². The lowest BCUT2D eigenvalue weighted by atomic mass is 9.97.